The van der Waals surface area contributed by atoms with Crippen LogP contribution in [0.25, 0.3) is 0 Å². The molecular formula is C14H17N3S. The second-order valence-corrected chi connectivity index (χ2v) is 5.65. The molecule has 18 heavy (non-hydrogen) atoms. The Bertz CT molecular complexity index is 496. The van der Waals surface area contributed by atoms with Crippen LogP contribution in [0.2, 0.25) is 0 Å². The van der Waals surface area contributed by atoms with Crippen LogP contribution in [0, 0.1) is 0 Å². The zero-order valence-electron chi connectivity index (χ0n) is 10.2. The molecule has 2 heterocycles. The molecule has 0 radical (unpaired) electrons. The van der Waals surface area contributed by atoms with Crippen LogP contribution in [0.1, 0.15) is 23.7 Å². The van der Waals surface area contributed by atoms with Crippen LogP contribution in [0.3, 0.4) is 0 Å². The van der Waals surface area contributed by atoms with Crippen LogP contribution in [0.5, 0.6) is 0 Å². The van der Waals surface area contributed by atoms with Crippen LogP contribution in [0.15, 0.2) is 41.7 Å². The van der Waals surface area contributed by atoms with Crippen LogP contribution in [-0.4, -0.2) is 22.3 Å². The summed E-state index contributed by atoms with van der Waals surface area (Å²) in [6.45, 7) is 0.992. The van der Waals surface area contributed by atoms with Crippen molar-refractivity contribution in [2.45, 2.75) is 23.8 Å². The van der Waals surface area contributed by atoms with E-state index in [9.17, 15) is 0 Å². The first-order chi connectivity index (χ1) is 8.93. The predicted molar refractivity (Wildman–Crippen MR) is 74.8 cm³/mol. The van der Waals surface area contributed by atoms with Gasteiger partial charge < -0.3 is 10.3 Å². The van der Waals surface area contributed by atoms with E-state index in [0.29, 0.717) is 6.04 Å². The number of hydrogen-bond donors (Lipinski definition) is 2. The minimum Gasteiger partial charge on any atom is -0.348 e. The summed E-state index contributed by atoms with van der Waals surface area (Å²) in [7, 11) is 0. The number of aromatic nitrogens is 2. The monoisotopic (exact) mass is 259 g/mol. The Labute approximate surface area is 111 Å². The van der Waals surface area contributed by atoms with Gasteiger partial charge in [-0.05, 0) is 23.8 Å². The third-order valence-electron chi connectivity index (χ3n) is 3.30. The van der Waals surface area contributed by atoms with Crippen molar-refractivity contribution in [1.29, 1.82) is 0 Å². The SMILES string of the molecule is c1ccc2c(c1)SCCC2NCCc1cnc[nH]1. The smallest absolute Gasteiger partial charge is 0.0921 e. The van der Waals surface area contributed by atoms with Gasteiger partial charge in [-0.25, -0.2) is 4.98 Å². The topological polar surface area (TPSA) is 40.7 Å². The van der Waals surface area contributed by atoms with E-state index in [-0.39, 0.29) is 0 Å². The van der Waals surface area contributed by atoms with Gasteiger partial charge in [0.25, 0.3) is 0 Å². The maximum Gasteiger partial charge on any atom is 0.0921 e. The van der Waals surface area contributed by atoms with Crippen LogP contribution < -0.4 is 5.32 Å². The van der Waals surface area contributed by atoms with Gasteiger partial charge in [0, 0.05) is 35.8 Å². The van der Waals surface area contributed by atoms with Gasteiger partial charge in [0.1, 0.15) is 0 Å². The average molecular weight is 259 g/mol. The fourth-order valence-electron chi connectivity index (χ4n) is 2.36. The molecule has 0 saturated heterocycles. The van der Waals surface area contributed by atoms with Gasteiger partial charge in [0.05, 0.1) is 6.33 Å². The maximum atomic E-state index is 4.04. The molecule has 1 aliphatic rings. The lowest BCUT2D eigenvalue weighted by Gasteiger charge is -2.25. The summed E-state index contributed by atoms with van der Waals surface area (Å²) in [4.78, 5) is 8.61. The predicted octanol–water partition coefficient (Wildman–Crippen LogP) is 2.78. The lowest BCUT2D eigenvalue weighted by atomic mass is 10.0. The molecule has 2 N–H and O–H groups in total. The zero-order chi connectivity index (χ0) is 12.2. The van der Waals surface area contributed by atoms with Gasteiger partial charge in [-0.2, -0.15) is 0 Å². The van der Waals surface area contributed by atoms with Gasteiger partial charge in [-0.3, -0.25) is 0 Å². The number of aromatic amines is 1. The molecule has 0 bridgehead atoms. The van der Waals surface area contributed by atoms with Gasteiger partial charge in [0.15, 0.2) is 0 Å². The molecular weight excluding hydrogens is 242 g/mol. The van der Waals surface area contributed by atoms with Crippen molar-refractivity contribution >= 4 is 11.8 Å². The second-order valence-electron chi connectivity index (χ2n) is 4.51. The van der Waals surface area contributed by atoms with E-state index in [1.54, 1.807) is 6.33 Å². The molecule has 94 valence electrons. The Hall–Kier alpha value is -1.26. The number of imidazole rings is 1. The molecule has 0 saturated carbocycles. The first-order valence-electron chi connectivity index (χ1n) is 6.36. The van der Waals surface area contributed by atoms with E-state index in [1.807, 2.05) is 18.0 Å². The normalized spacial score (nSPS) is 18.6. The summed E-state index contributed by atoms with van der Waals surface area (Å²) >= 11 is 1.97. The van der Waals surface area contributed by atoms with E-state index in [2.05, 4.69) is 39.6 Å². The number of nitrogens with zero attached hydrogens (tertiary/aromatic N) is 1. The summed E-state index contributed by atoms with van der Waals surface area (Å²) in [6, 6.07) is 9.23. The maximum absolute atomic E-state index is 4.04. The molecule has 0 aliphatic carbocycles. The quantitative estimate of drug-likeness (QED) is 0.887. The number of hydrogen-bond acceptors (Lipinski definition) is 3. The molecule has 4 heteroatoms. The highest BCUT2D eigenvalue weighted by Crippen LogP contribution is 2.35. The Balaban J connectivity index is 1.60. The molecule has 1 unspecified atom stereocenters. The molecule has 0 spiro atoms. The molecule has 1 aliphatic heterocycles. The lowest BCUT2D eigenvalue weighted by molar-refractivity contribution is 0.512. The average Bonchev–Trinajstić information content (AvgIpc) is 2.92. The van der Waals surface area contributed by atoms with Crippen molar-refractivity contribution in [2.75, 3.05) is 12.3 Å². The van der Waals surface area contributed by atoms with Gasteiger partial charge in [-0.1, -0.05) is 18.2 Å². The zero-order valence-corrected chi connectivity index (χ0v) is 11.0. The fraction of sp³-hybridized carbons (Fsp3) is 0.357. The first-order valence-corrected chi connectivity index (χ1v) is 7.34. The summed E-state index contributed by atoms with van der Waals surface area (Å²) in [6.07, 6.45) is 5.85. The molecule has 2 aromatic rings. The number of rotatable bonds is 4. The minimum absolute atomic E-state index is 0.505. The van der Waals surface area contributed by atoms with E-state index < -0.39 is 0 Å². The number of nitrogens with one attached hydrogen (secondary N) is 2. The highest BCUT2D eigenvalue weighted by atomic mass is 32.2. The molecule has 1 aromatic heterocycles. The van der Waals surface area contributed by atoms with E-state index in [4.69, 9.17) is 0 Å². The molecule has 0 fully saturated rings. The largest absolute Gasteiger partial charge is 0.348 e. The molecule has 0 amide bonds. The van der Waals surface area contributed by atoms with Crippen LogP contribution in [0.4, 0.5) is 0 Å². The number of fused-ring (bicyclic) bond motifs is 1. The molecule has 1 atom stereocenters. The van der Waals surface area contributed by atoms with Crippen LogP contribution in [-0.2, 0) is 6.42 Å². The summed E-state index contributed by atoms with van der Waals surface area (Å²) in [5.74, 6) is 1.21. The molecule has 1 aromatic carbocycles. The Morgan fingerprint density at radius 1 is 1.39 bits per heavy atom. The van der Waals surface area contributed by atoms with E-state index in [1.165, 1.54) is 28.3 Å². The molecule has 3 nitrogen and oxygen atoms in total. The standard InChI is InChI=1S/C14H17N3S/c1-2-4-14-12(3-1)13(6-8-18-14)16-7-5-11-9-15-10-17-11/h1-4,9-10,13,16H,5-8H2,(H,15,17). The van der Waals surface area contributed by atoms with Crippen molar-refractivity contribution < 1.29 is 0 Å². The lowest BCUT2D eigenvalue weighted by Crippen LogP contribution is -2.26. The van der Waals surface area contributed by atoms with E-state index >= 15 is 0 Å². The van der Waals surface area contributed by atoms with Crippen LogP contribution >= 0.6 is 11.8 Å². The first kappa shape index (κ1) is 11.8. The fourth-order valence-corrected chi connectivity index (χ4v) is 3.48. The number of thioether (sulfide) groups is 1. The second kappa shape index (κ2) is 5.59. The molecule has 3 rings (SSSR count). The highest BCUT2D eigenvalue weighted by molar-refractivity contribution is 7.99. The van der Waals surface area contributed by atoms with Crippen molar-refractivity contribution in [3.8, 4) is 0 Å². The Morgan fingerprint density at radius 2 is 2.33 bits per heavy atom. The summed E-state index contributed by atoms with van der Waals surface area (Å²) in [5, 5.41) is 3.65. The van der Waals surface area contributed by atoms with Crippen molar-refractivity contribution in [1.82, 2.24) is 15.3 Å². The third kappa shape index (κ3) is 2.60. The highest BCUT2D eigenvalue weighted by Gasteiger charge is 2.19. The third-order valence-corrected chi connectivity index (χ3v) is 4.42. The summed E-state index contributed by atoms with van der Waals surface area (Å²) < 4.78 is 0. The van der Waals surface area contributed by atoms with Gasteiger partial charge in [-0.15, -0.1) is 11.8 Å². The number of benzene rings is 1. The van der Waals surface area contributed by atoms with Gasteiger partial charge >= 0.3 is 0 Å². The van der Waals surface area contributed by atoms with Crippen molar-refractivity contribution in [3.05, 3.63) is 48.0 Å². The van der Waals surface area contributed by atoms with E-state index in [0.717, 1.165) is 13.0 Å². The summed E-state index contributed by atoms with van der Waals surface area (Å²) in [5.41, 5.74) is 2.65. The Morgan fingerprint density at radius 3 is 3.22 bits per heavy atom. The Kier molecular flexibility index (Phi) is 3.67. The minimum atomic E-state index is 0.505. The number of H-pyrrole nitrogens is 1. The van der Waals surface area contributed by atoms with Crippen molar-refractivity contribution in [3.63, 3.8) is 0 Å². The van der Waals surface area contributed by atoms with Gasteiger partial charge in [0.2, 0.25) is 0 Å². The van der Waals surface area contributed by atoms with Crippen molar-refractivity contribution in [2.24, 2.45) is 0 Å².